The molecule has 1 aromatic rings. The molecule has 0 radical (unpaired) electrons. The Morgan fingerprint density at radius 1 is 1.37 bits per heavy atom. The van der Waals surface area contributed by atoms with Crippen molar-refractivity contribution >= 4 is 0 Å². The molecule has 1 aromatic heterocycles. The monoisotopic (exact) mass is 263 g/mol. The molecule has 0 aliphatic rings. The number of nitrogens with zero attached hydrogens (tertiary/aromatic N) is 2. The van der Waals surface area contributed by atoms with Crippen molar-refractivity contribution in [2.24, 2.45) is 7.05 Å². The standard InChI is InChI=1S/C16H29N3/c1-7-12(3)11-15(17-8-2)9-10-16-13(4)18-19(6)14(16)5/h15,17H,3,7-11H2,1-2,4-6H3. The van der Waals surface area contributed by atoms with Crippen LogP contribution in [0.15, 0.2) is 12.2 Å². The van der Waals surface area contributed by atoms with Gasteiger partial charge in [-0.05, 0) is 51.6 Å². The van der Waals surface area contributed by atoms with Crippen LogP contribution in [-0.2, 0) is 13.5 Å². The minimum absolute atomic E-state index is 0.538. The van der Waals surface area contributed by atoms with Crippen LogP contribution in [0.1, 0.15) is 50.1 Å². The first-order valence-electron chi connectivity index (χ1n) is 7.38. The van der Waals surface area contributed by atoms with Gasteiger partial charge in [-0.3, -0.25) is 4.68 Å². The zero-order valence-electron chi connectivity index (χ0n) is 13.2. The van der Waals surface area contributed by atoms with Gasteiger partial charge >= 0.3 is 0 Å². The lowest BCUT2D eigenvalue weighted by Crippen LogP contribution is -2.29. The van der Waals surface area contributed by atoms with Crippen molar-refractivity contribution in [3.8, 4) is 0 Å². The van der Waals surface area contributed by atoms with Crippen molar-refractivity contribution < 1.29 is 0 Å². The van der Waals surface area contributed by atoms with E-state index in [-0.39, 0.29) is 0 Å². The largest absolute Gasteiger partial charge is 0.314 e. The van der Waals surface area contributed by atoms with E-state index >= 15 is 0 Å². The fourth-order valence-electron chi connectivity index (χ4n) is 2.56. The average Bonchev–Trinajstić information content (AvgIpc) is 2.61. The number of hydrogen-bond acceptors (Lipinski definition) is 2. The number of nitrogens with one attached hydrogen (secondary N) is 1. The van der Waals surface area contributed by atoms with Gasteiger partial charge in [-0.15, -0.1) is 0 Å². The first-order chi connectivity index (χ1) is 8.99. The van der Waals surface area contributed by atoms with Crippen molar-refractivity contribution in [2.75, 3.05) is 6.54 Å². The van der Waals surface area contributed by atoms with Crippen LogP contribution in [0, 0.1) is 13.8 Å². The fourth-order valence-corrected chi connectivity index (χ4v) is 2.56. The van der Waals surface area contributed by atoms with E-state index in [0.29, 0.717) is 6.04 Å². The van der Waals surface area contributed by atoms with E-state index in [1.807, 2.05) is 11.7 Å². The molecule has 0 bridgehead atoms. The quantitative estimate of drug-likeness (QED) is 0.729. The van der Waals surface area contributed by atoms with E-state index in [0.717, 1.165) is 32.2 Å². The van der Waals surface area contributed by atoms with Crippen molar-refractivity contribution in [1.29, 1.82) is 0 Å². The number of rotatable bonds is 8. The Labute approximate surface area is 118 Å². The molecule has 0 amide bonds. The highest BCUT2D eigenvalue weighted by Crippen LogP contribution is 2.17. The van der Waals surface area contributed by atoms with Crippen LogP contribution < -0.4 is 5.32 Å². The first-order valence-corrected chi connectivity index (χ1v) is 7.38. The molecule has 0 saturated heterocycles. The van der Waals surface area contributed by atoms with Crippen LogP contribution in [0.5, 0.6) is 0 Å². The van der Waals surface area contributed by atoms with Crippen LogP contribution in [0.3, 0.4) is 0 Å². The molecule has 1 unspecified atom stereocenters. The van der Waals surface area contributed by atoms with Gasteiger partial charge in [0, 0.05) is 18.8 Å². The molecule has 1 N–H and O–H groups in total. The molecule has 0 spiro atoms. The minimum Gasteiger partial charge on any atom is -0.314 e. The summed E-state index contributed by atoms with van der Waals surface area (Å²) in [4.78, 5) is 0. The Balaban J connectivity index is 2.62. The Kier molecular flexibility index (Phi) is 6.29. The summed E-state index contributed by atoms with van der Waals surface area (Å²) in [5.74, 6) is 0. The van der Waals surface area contributed by atoms with Gasteiger partial charge in [-0.2, -0.15) is 5.10 Å². The summed E-state index contributed by atoms with van der Waals surface area (Å²) in [5.41, 5.74) is 5.21. The predicted molar refractivity (Wildman–Crippen MR) is 82.5 cm³/mol. The van der Waals surface area contributed by atoms with E-state index in [9.17, 15) is 0 Å². The molecule has 0 saturated carbocycles. The topological polar surface area (TPSA) is 29.9 Å². The summed E-state index contributed by atoms with van der Waals surface area (Å²) in [6.07, 6.45) is 4.41. The second-order valence-electron chi connectivity index (χ2n) is 5.37. The molecule has 0 aliphatic carbocycles. The summed E-state index contributed by atoms with van der Waals surface area (Å²) >= 11 is 0. The van der Waals surface area contributed by atoms with Gasteiger partial charge in [0.15, 0.2) is 0 Å². The SMILES string of the molecule is C=C(CC)CC(CCc1c(C)nn(C)c1C)NCC. The molecule has 1 heterocycles. The molecule has 108 valence electrons. The highest BCUT2D eigenvalue weighted by atomic mass is 15.3. The van der Waals surface area contributed by atoms with E-state index < -0.39 is 0 Å². The lowest BCUT2D eigenvalue weighted by Gasteiger charge is -2.18. The van der Waals surface area contributed by atoms with E-state index in [1.54, 1.807) is 0 Å². The van der Waals surface area contributed by atoms with Gasteiger partial charge in [0.2, 0.25) is 0 Å². The van der Waals surface area contributed by atoms with Crippen LogP contribution in [0.4, 0.5) is 0 Å². The fraction of sp³-hybridized carbons (Fsp3) is 0.688. The molecule has 3 nitrogen and oxygen atoms in total. The van der Waals surface area contributed by atoms with Crippen LogP contribution in [0.2, 0.25) is 0 Å². The number of aryl methyl sites for hydroxylation is 2. The molecule has 0 fully saturated rings. The van der Waals surface area contributed by atoms with Crippen molar-refractivity contribution in [3.63, 3.8) is 0 Å². The highest BCUT2D eigenvalue weighted by Gasteiger charge is 2.13. The molecule has 0 aliphatic heterocycles. The van der Waals surface area contributed by atoms with Gasteiger partial charge in [-0.1, -0.05) is 26.0 Å². The van der Waals surface area contributed by atoms with Gasteiger partial charge < -0.3 is 5.32 Å². The maximum Gasteiger partial charge on any atom is 0.0628 e. The zero-order chi connectivity index (χ0) is 14.4. The molecule has 1 rings (SSSR count). The molecule has 3 heteroatoms. The van der Waals surface area contributed by atoms with E-state index in [1.165, 1.54) is 22.5 Å². The third-order valence-corrected chi connectivity index (χ3v) is 3.93. The Morgan fingerprint density at radius 2 is 2.05 bits per heavy atom. The van der Waals surface area contributed by atoms with Crippen molar-refractivity contribution in [1.82, 2.24) is 15.1 Å². The lowest BCUT2D eigenvalue weighted by atomic mass is 9.98. The van der Waals surface area contributed by atoms with Gasteiger partial charge in [0.1, 0.15) is 0 Å². The number of hydrogen-bond donors (Lipinski definition) is 1. The van der Waals surface area contributed by atoms with Crippen LogP contribution in [0.25, 0.3) is 0 Å². The molecule has 19 heavy (non-hydrogen) atoms. The number of aromatic nitrogens is 2. The summed E-state index contributed by atoms with van der Waals surface area (Å²) in [6.45, 7) is 13.8. The first kappa shape index (κ1) is 16.0. The maximum atomic E-state index is 4.49. The van der Waals surface area contributed by atoms with Gasteiger partial charge in [0.05, 0.1) is 5.69 Å². The zero-order valence-corrected chi connectivity index (χ0v) is 13.2. The smallest absolute Gasteiger partial charge is 0.0628 e. The lowest BCUT2D eigenvalue weighted by molar-refractivity contribution is 0.485. The van der Waals surface area contributed by atoms with E-state index in [4.69, 9.17) is 0 Å². The van der Waals surface area contributed by atoms with Gasteiger partial charge in [0.25, 0.3) is 0 Å². The second-order valence-corrected chi connectivity index (χ2v) is 5.37. The van der Waals surface area contributed by atoms with Crippen molar-refractivity contribution in [2.45, 2.75) is 59.4 Å². The second kappa shape index (κ2) is 7.49. The van der Waals surface area contributed by atoms with Crippen LogP contribution in [-0.4, -0.2) is 22.4 Å². The third-order valence-electron chi connectivity index (χ3n) is 3.93. The Bertz CT molecular complexity index is 418. The van der Waals surface area contributed by atoms with E-state index in [2.05, 4.69) is 44.7 Å². The van der Waals surface area contributed by atoms with Crippen LogP contribution >= 0.6 is 0 Å². The summed E-state index contributed by atoms with van der Waals surface area (Å²) in [6, 6.07) is 0.538. The van der Waals surface area contributed by atoms with Gasteiger partial charge in [-0.25, -0.2) is 0 Å². The maximum absolute atomic E-state index is 4.49. The summed E-state index contributed by atoms with van der Waals surface area (Å²) in [7, 11) is 2.02. The summed E-state index contributed by atoms with van der Waals surface area (Å²) < 4.78 is 1.98. The average molecular weight is 263 g/mol. The highest BCUT2D eigenvalue weighted by molar-refractivity contribution is 5.24. The molecule has 1 atom stereocenters. The third kappa shape index (κ3) is 4.50. The predicted octanol–water partition coefficient (Wildman–Crippen LogP) is 3.30. The normalized spacial score (nSPS) is 12.7. The minimum atomic E-state index is 0.538. The Morgan fingerprint density at radius 3 is 2.53 bits per heavy atom. The summed E-state index contributed by atoms with van der Waals surface area (Å²) in [5, 5.41) is 8.07. The van der Waals surface area contributed by atoms with Crippen molar-refractivity contribution in [3.05, 3.63) is 29.1 Å². The molecular weight excluding hydrogens is 234 g/mol. The molecule has 0 aromatic carbocycles. The Hall–Kier alpha value is -1.09. The molecular formula is C16H29N3.